The molecule has 3 heterocycles. The number of rotatable bonds is 5. The number of ether oxygens (including phenoxy) is 1. The smallest absolute Gasteiger partial charge is 0.354 e. The van der Waals surface area contributed by atoms with Crippen molar-refractivity contribution in [3.05, 3.63) is 53.3 Å². The number of halogens is 1. The Morgan fingerprint density at radius 3 is 2.72 bits per heavy atom. The maximum Gasteiger partial charge on any atom is 0.354 e. The first-order valence-corrected chi connectivity index (χ1v) is 10.6. The van der Waals surface area contributed by atoms with Crippen molar-refractivity contribution in [1.82, 2.24) is 9.88 Å². The fourth-order valence-electron chi connectivity index (χ4n) is 4.42. The van der Waals surface area contributed by atoms with Gasteiger partial charge in [0.15, 0.2) is 11.8 Å². The minimum absolute atomic E-state index is 0.0947. The number of nitrogens with one attached hydrogen (secondary N) is 1. The largest absolute Gasteiger partial charge is 0.452 e. The summed E-state index contributed by atoms with van der Waals surface area (Å²) in [4.78, 5) is 58.8. The van der Waals surface area contributed by atoms with Gasteiger partial charge in [-0.25, -0.2) is 9.78 Å². The lowest BCUT2D eigenvalue weighted by atomic mass is 9.96. The molecule has 10 heteroatoms. The number of amides is 3. The van der Waals surface area contributed by atoms with Crippen LogP contribution in [0.3, 0.4) is 0 Å². The molecule has 0 unspecified atom stereocenters. The molecule has 9 nitrogen and oxygen atoms in total. The maximum absolute atomic E-state index is 13.4. The van der Waals surface area contributed by atoms with Crippen LogP contribution in [0.1, 0.15) is 36.0 Å². The second-order valence-electron chi connectivity index (χ2n) is 7.94. The number of para-hydroxylation sites is 1. The van der Waals surface area contributed by atoms with Crippen molar-refractivity contribution in [3.63, 3.8) is 0 Å². The van der Waals surface area contributed by atoms with Crippen LogP contribution in [0.5, 0.6) is 0 Å². The Kier molecular flexibility index (Phi) is 4.85. The Hall–Kier alpha value is -3.46. The number of fused-ring (bicyclic) bond motifs is 3. The van der Waals surface area contributed by atoms with Crippen LogP contribution in [0.25, 0.3) is 0 Å². The first-order valence-electron chi connectivity index (χ1n) is 10.3. The summed E-state index contributed by atoms with van der Waals surface area (Å²) in [5.74, 6) is -1.98. The summed E-state index contributed by atoms with van der Waals surface area (Å²) < 4.78 is 5.38. The number of carbonyl (C=O) groups is 4. The summed E-state index contributed by atoms with van der Waals surface area (Å²) in [6.45, 7) is -0.595. The number of hydrogen-bond acceptors (Lipinski definition) is 6. The molecule has 164 valence electrons. The molecular formula is C22H19ClN4O5. The molecule has 0 spiro atoms. The second-order valence-corrected chi connectivity index (χ2v) is 8.29. The first-order chi connectivity index (χ1) is 15.4. The topological polar surface area (TPSA) is 109 Å². The average Bonchev–Trinajstić information content (AvgIpc) is 3.56. The molecule has 1 saturated carbocycles. The summed E-state index contributed by atoms with van der Waals surface area (Å²) in [6, 6.07) is 9.76. The molecule has 3 aliphatic rings. The zero-order valence-electron chi connectivity index (χ0n) is 16.9. The Balaban J connectivity index is 1.43. The van der Waals surface area contributed by atoms with Crippen LogP contribution in [0.15, 0.2) is 42.6 Å². The van der Waals surface area contributed by atoms with E-state index in [2.05, 4.69) is 10.3 Å². The maximum atomic E-state index is 13.4. The van der Waals surface area contributed by atoms with Crippen LogP contribution in [-0.2, 0) is 19.1 Å². The molecule has 1 saturated heterocycles. The van der Waals surface area contributed by atoms with E-state index in [0.717, 1.165) is 12.8 Å². The summed E-state index contributed by atoms with van der Waals surface area (Å²) in [7, 11) is 0. The number of aromatic nitrogens is 1. The van der Waals surface area contributed by atoms with Gasteiger partial charge in [0.25, 0.3) is 11.8 Å². The van der Waals surface area contributed by atoms with E-state index in [-0.39, 0.29) is 41.5 Å². The van der Waals surface area contributed by atoms with Gasteiger partial charge in [-0.1, -0.05) is 23.7 Å². The molecule has 5 rings (SSSR count). The van der Waals surface area contributed by atoms with Gasteiger partial charge in [0, 0.05) is 25.1 Å². The molecule has 1 aromatic heterocycles. The minimum Gasteiger partial charge on any atom is -0.452 e. The van der Waals surface area contributed by atoms with Crippen LogP contribution in [0.4, 0.5) is 11.4 Å². The van der Waals surface area contributed by atoms with Crippen LogP contribution in [0, 0.1) is 0 Å². The molecule has 2 aliphatic heterocycles. The minimum atomic E-state index is -1.59. The normalized spacial score (nSPS) is 21.8. The number of esters is 1. The fraction of sp³-hybridized carbons (Fsp3) is 0.318. The van der Waals surface area contributed by atoms with Crippen LogP contribution < -0.4 is 10.2 Å². The van der Waals surface area contributed by atoms with Crippen molar-refractivity contribution < 1.29 is 23.9 Å². The molecule has 0 bridgehead atoms. The van der Waals surface area contributed by atoms with E-state index in [0.29, 0.717) is 11.3 Å². The molecule has 2 aromatic rings. The first kappa shape index (κ1) is 20.4. The van der Waals surface area contributed by atoms with Crippen molar-refractivity contribution in [2.45, 2.75) is 37.4 Å². The summed E-state index contributed by atoms with van der Waals surface area (Å²) >= 11 is 5.94. The van der Waals surface area contributed by atoms with Gasteiger partial charge in [0.05, 0.1) is 16.9 Å². The Labute approximate surface area is 188 Å². The second kappa shape index (κ2) is 7.59. The van der Waals surface area contributed by atoms with E-state index in [1.165, 1.54) is 16.0 Å². The van der Waals surface area contributed by atoms with Crippen molar-refractivity contribution in [3.8, 4) is 0 Å². The van der Waals surface area contributed by atoms with Gasteiger partial charge >= 0.3 is 5.97 Å². The van der Waals surface area contributed by atoms with Crippen LogP contribution in [0.2, 0.25) is 5.15 Å². The third-order valence-corrected chi connectivity index (χ3v) is 6.21. The molecule has 1 aliphatic carbocycles. The average molecular weight is 455 g/mol. The van der Waals surface area contributed by atoms with Gasteiger partial charge in [0.1, 0.15) is 0 Å². The number of pyridine rings is 1. The summed E-state index contributed by atoms with van der Waals surface area (Å²) in [6.07, 6.45) is 3.16. The molecule has 1 aromatic carbocycles. The van der Waals surface area contributed by atoms with Crippen LogP contribution >= 0.6 is 11.6 Å². The molecule has 1 atom stereocenters. The lowest BCUT2D eigenvalue weighted by molar-refractivity contribution is -0.159. The summed E-state index contributed by atoms with van der Waals surface area (Å²) in [5.41, 5.74) is -0.537. The van der Waals surface area contributed by atoms with Crippen molar-refractivity contribution in [2.75, 3.05) is 16.8 Å². The lowest BCUT2D eigenvalue weighted by Gasteiger charge is -2.48. The number of hydrogen-bond donors (Lipinski definition) is 1. The molecule has 1 N–H and O–H groups in total. The molecule has 32 heavy (non-hydrogen) atoms. The molecular weight excluding hydrogens is 436 g/mol. The Bertz CT molecular complexity index is 1150. The quantitative estimate of drug-likeness (QED) is 0.548. The third-order valence-electron chi connectivity index (χ3n) is 5.91. The highest BCUT2D eigenvalue weighted by molar-refractivity contribution is 6.32. The molecule has 2 fully saturated rings. The monoisotopic (exact) mass is 454 g/mol. The number of anilines is 2. The van der Waals surface area contributed by atoms with Gasteiger partial charge in [-0.15, -0.1) is 0 Å². The van der Waals surface area contributed by atoms with E-state index >= 15 is 0 Å². The van der Waals surface area contributed by atoms with Gasteiger partial charge in [-0.3, -0.25) is 19.3 Å². The Morgan fingerprint density at radius 2 is 1.97 bits per heavy atom. The molecule has 3 amide bonds. The van der Waals surface area contributed by atoms with Crippen molar-refractivity contribution >= 4 is 46.7 Å². The number of nitrogens with zero attached hydrogens (tertiary/aromatic N) is 3. The highest BCUT2D eigenvalue weighted by Gasteiger charge is 2.64. The number of benzene rings is 1. The van der Waals surface area contributed by atoms with E-state index in [9.17, 15) is 19.2 Å². The van der Waals surface area contributed by atoms with E-state index in [1.807, 2.05) is 0 Å². The summed E-state index contributed by atoms with van der Waals surface area (Å²) in [5, 5.41) is 2.64. The lowest BCUT2D eigenvalue weighted by Crippen LogP contribution is -2.69. The standard InChI is InChI=1S/C22H19ClN4O5/c23-19-15(5-3-11-24-19)25-17(28)12-32-21(31)22-10-9-18(29)27(22)16-6-2-1-4-14(16)20(30)26(22)13-7-8-13/h1-6,11,13H,7-10,12H2,(H,25,28)/t22-/m0/s1. The van der Waals surface area contributed by atoms with Crippen molar-refractivity contribution in [2.24, 2.45) is 0 Å². The predicted octanol–water partition coefficient (Wildman–Crippen LogP) is 2.36. The zero-order valence-corrected chi connectivity index (χ0v) is 17.7. The van der Waals surface area contributed by atoms with Crippen molar-refractivity contribution in [1.29, 1.82) is 0 Å². The van der Waals surface area contributed by atoms with E-state index < -0.39 is 24.1 Å². The fourth-order valence-corrected chi connectivity index (χ4v) is 4.59. The van der Waals surface area contributed by atoms with Gasteiger partial charge in [-0.05, 0) is 37.1 Å². The third kappa shape index (κ3) is 3.12. The van der Waals surface area contributed by atoms with Gasteiger partial charge < -0.3 is 15.0 Å². The van der Waals surface area contributed by atoms with Gasteiger partial charge in [-0.2, -0.15) is 0 Å². The highest BCUT2D eigenvalue weighted by Crippen LogP contribution is 2.49. The van der Waals surface area contributed by atoms with E-state index in [4.69, 9.17) is 16.3 Å². The highest BCUT2D eigenvalue weighted by atomic mass is 35.5. The zero-order chi connectivity index (χ0) is 22.5. The van der Waals surface area contributed by atoms with Gasteiger partial charge in [0.2, 0.25) is 11.6 Å². The molecule has 0 radical (unpaired) electrons. The predicted molar refractivity (Wildman–Crippen MR) is 114 cm³/mol. The number of carbonyl (C=O) groups excluding carboxylic acids is 4. The Morgan fingerprint density at radius 1 is 1.19 bits per heavy atom. The SMILES string of the molecule is O=C(COC(=O)[C@]12CCC(=O)N1c1ccccc1C(=O)N2C1CC1)Nc1cccnc1Cl. The van der Waals surface area contributed by atoms with Crippen LogP contribution in [-0.4, -0.2) is 51.9 Å². The van der Waals surface area contributed by atoms with E-state index in [1.54, 1.807) is 36.4 Å².